The van der Waals surface area contributed by atoms with Crippen molar-refractivity contribution in [1.82, 2.24) is 4.98 Å². The number of aryl methyl sites for hydroxylation is 1. The molecular weight excluding hydrogens is 284 g/mol. The average Bonchev–Trinajstić information content (AvgIpc) is 2.49. The van der Waals surface area contributed by atoms with Crippen LogP contribution in [0.15, 0.2) is 59.0 Å². The Kier molecular flexibility index (Phi) is 3.54. The number of hydrogen-bond donors (Lipinski definition) is 1. The third kappa shape index (κ3) is 2.58. The topological polar surface area (TPSA) is 63.6 Å². The number of fused-ring (bicyclic) bond motifs is 1. The van der Waals surface area contributed by atoms with E-state index >= 15 is 0 Å². The molecule has 2 N–H and O–H groups in total. The molecule has 0 saturated carbocycles. The monoisotopic (exact) mass is 296 g/mol. The van der Waals surface area contributed by atoms with Gasteiger partial charge in [-0.3, -0.25) is 4.98 Å². The quantitative estimate of drug-likeness (QED) is 0.522. The molecule has 0 spiro atoms. The number of azo groups is 1. The molecule has 0 atom stereocenters. The highest BCUT2D eigenvalue weighted by Gasteiger charge is 2.11. The van der Waals surface area contributed by atoms with Crippen molar-refractivity contribution < 1.29 is 0 Å². The maximum atomic E-state index is 6.32. The minimum absolute atomic E-state index is 0.614. The fourth-order valence-corrected chi connectivity index (χ4v) is 2.50. The van der Waals surface area contributed by atoms with E-state index < -0.39 is 0 Å². The summed E-state index contributed by atoms with van der Waals surface area (Å²) in [6, 6.07) is 11.2. The van der Waals surface area contributed by atoms with Crippen LogP contribution in [0.1, 0.15) is 5.56 Å². The van der Waals surface area contributed by atoms with Gasteiger partial charge in [-0.05, 0) is 36.8 Å². The molecule has 0 aliphatic rings. The van der Waals surface area contributed by atoms with Crippen LogP contribution in [0.4, 0.5) is 17.1 Å². The lowest BCUT2D eigenvalue weighted by Crippen LogP contribution is -1.90. The molecule has 3 rings (SSSR count). The Hall–Kier alpha value is -2.46. The normalized spacial score (nSPS) is 11.3. The highest BCUT2D eigenvalue weighted by molar-refractivity contribution is 6.37. The Bertz CT molecular complexity index is 829. The first-order chi connectivity index (χ1) is 10.2. The van der Waals surface area contributed by atoms with E-state index in [1.54, 1.807) is 12.4 Å². The van der Waals surface area contributed by atoms with Crippen LogP contribution in [-0.2, 0) is 0 Å². The van der Waals surface area contributed by atoms with Gasteiger partial charge in [-0.2, -0.15) is 0 Å². The molecule has 21 heavy (non-hydrogen) atoms. The summed E-state index contributed by atoms with van der Waals surface area (Å²) in [5.41, 5.74) is 9.10. The van der Waals surface area contributed by atoms with E-state index in [4.69, 9.17) is 17.3 Å². The third-order valence-corrected chi connectivity index (χ3v) is 3.53. The number of anilines is 1. The molecule has 0 aliphatic carbocycles. The first-order valence-corrected chi connectivity index (χ1v) is 6.83. The van der Waals surface area contributed by atoms with Crippen LogP contribution in [0.25, 0.3) is 10.8 Å². The van der Waals surface area contributed by atoms with Crippen molar-refractivity contribution in [2.24, 2.45) is 10.2 Å². The number of hydrogen-bond acceptors (Lipinski definition) is 4. The molecule has 5 heteroatoms. The second-order valence-corrected chi connectivity index (χ2v) is 5.11. The number of nitrogen functional groups attached to an aromatic ring is 1. The van der Waals surface area contributed by atoms with Crippen molar-refractivity contribution in [1.29, 1.82) is 0 Å². The lowest BCUT2D eigenvalue weighted by atomic mass is 10.0. The number of benzene rings is 2. The summed E-state index contributed by atoms with van der Waals surface area (Å²) >= 11 is 6.32. The van der Waals surface area contributed by atoms with Gasteiger partial charge in [-0.25, -0.2) is 0 Å². The summed E-state index contributed by atoms with van der Waals surface area (Å²) < 4.78 is 0. The molecule has 3 aromatic rings. The van der Waals surface area contributed by atoms with Crippen molar-refractivity contribution in [3.05, 3.63) is 59.4 Å². The van der Waals surface area contributed by atoms with Crippen LogP contribution in [-0.4, -0.2) is 4.98 Å². The van der Waals surface area contributed by atoms with Gasteiger partial charge in [0.25, 0.3) is 0 Å². The van der Waals surface area contributed by atoms with Crippen molar-refractivity contribution >= 4 is 39.4 Å². The molecule has 0 aliphatic heterocycles. The zero-order chi connectivity index (χ0) is 14.8. The van der Waals surface area contributed by atoms with Crippen molar-refractivity contribution in [2.75, 3.05) is 5.73 Å². The molecule has 0 radical (unpaired) electrons. The summed E-state index contributed by atoms with van der Waals surface area (Å²) in [7, 11) is 0. The van der Waals surface area contributed by atoms with Crippen LogP contribution in [0, 0.1) is 6.92 Å². The van der Waals surface area contributed by atoms with E-state index in [0.717, 1.165) is 22.0 Å². The zero-order valence-electron chi connectivity index (χ0n) is 11.4. The fourth-order valence-electron chi connectivity index (χ4n) is 2.23. The van der Waals surface area contributed by atoms with Crippen LogP contribution in [0.2, 0.25) is 5.02 Å². The number of nitrogens with two attached hydrogens (primary N) is 1. The van der Waals surface area contributed by atoms with Gasteiger partial charge in [0.05, 0.1) is 16.9 Å². The molecule has 0 saturated heterocycles. The van der Waals surface area contributed by atoms with Crippen LogP contribution in [0.3, 0.4) is 0 Å². The van der Waals surface area contributed by atoms with Crippen LogP contribution >= 0.6 is 11.6 Å². The minimum atomic E-state index is 0.614. The van der Waals surface area contributed by atoms with Crippen LogP contribution < -0.4 is 5.73 Å². The van der Waals surface area contributed by atoms with Gasteiger partial charge in [0.2, 0.25) is 0 Å². The molecule has 4 nitrogen and oxygen atoms in total. The summed E-state index contributed by atoms with van der Waals surface area (Å²) in [6.07, 6.45) is 3.35. The second-order valence-electron chi connectivity index (χ2n) is 4.70. The van der Waals surface area contributed by atoms with E-state index in [-0.39, 0.29) is 0 Å². The Balaban J connectivity index is 2.21. The van der Waals surface area contributed by atoms with E-state index in [1.165, 1.54) is 0 Å². The van der Waals surface area contributed by atoms with Gasteiger partial charge < -0.3 is 5.73 Å². The van der Waals surface area contributed by atoms with E-state index in [1.807, 2.05) is 43.3 Å². The Morgan fingerprint density at radius 1 is 1.14 bits per heavy atom. The summed E-state index contributed by atoms with van der Waals surface area (Å²) in [5.74, 6) is 0. The van der Waals surface area contributed by atoms with E-state index in [0.29, 0.717) is 16.4 Å². The second kappa shape index (κ2) is 5.50. The van der Waals surface area contributed by atoms with Crippen molar-refractivity contribution in [3.63, 3.8) is 0 Å². The van der Waals surface area contributed by atoms with Gasteiger partial charge in [-0.15, -0.1) is 10.2 Å². The molecule has 1 aromatic heterocycles. The number of aromatic nitrogens is 1. The van der Waals surface area contributed by atoms with Gasteiger partial charge in [-0.1, -0.05) is 23.7 Å². The Morgan fingerprint density at radius 2 is 2.00 bits per heavy atom. The summed E-state index contributed by atoms with van der Waals surface area (Å²) in [4.78, 5) is 4.01. The number of nitrogens with zero attached hydrogens (tertiary/aromatic N) is 3. The van der Waals surface area contributed by atoms with Gasteiger partial charge >= 0.3 is 0 Å². The Morgan fingerprint density at radius 3 is 2.76 bits per heavy atom. The molecular formula is C16H13ClN4. The van der Waals surface area contributed by atoms with Crippen LogP contribution in [0.5, 0.6) is 0 Å². The molecule has 1 heterocycles. The third-order valence-electron chi connectivity index (χ3n) is 3.22. The smallest absolute Gasteiger partial charge is 0.104 e. The average molecular weight is 297 g/mol. The number of pyridine rings is 1. The first-order valence-electron chi connectivity index (χ1n) is 6.46. The molecule has 2 aromatic carbocycles. The lowest BCUT2D eigenvalue weighted by Gasteiger charge is -2.09. The van der Waals surface area contributed by atoms with Gasteiger partial charge in [0.15, 0.2) is 0 Å². The van der Waals surface area contributed by atoms with Crippen molar-refractivity contribution in [3.8, 4) is 0 Å². The van der Waals surface area contributed by atoms with Gasteiger partial charge in [0.1, 0.15) is 5.69 Å². The minimum Gasteiger partial charge on any atom is -0.398 e. The highest BCUT2D eigenvalue weighted by atomic mass is 35.5. The van der Waals surface area contributed by atoms with E-state index in [2.05, 4.69) is 15.2 Å². The summed E-state index contributed by atoms with van der Waals surface area (Å²) in [5, 5.41) is 10.9. The zero-order valence-corrected chi connectivity index (χ0v) is 12.2. The van der Waals surface area contributed by atoms with E-state index in [9.17, 15) is 0 Å². The fraction of sp³-hybridized carbons (Fsp3) is 0.0625. The highest BCUT2D eigenvalue weighted by Crippen LogP contribution is 2.38. The maximum absolute atomic E-state index is 6.32. The SMILES string of the molecule is Cc1cc(N)c2cccc(Cl)c2c1N=Nc1cccnc1. The first kappa shape index (κ1) is 13.5. The maximum Gasteiger partial charge on any atom is 0.104 e. The standard InChI is InChI=1S/C16H13ClN4/c1-10-8-14(18)12-5-2-6-13(17)15(12)16(10)21-20-11-4-3-7-19-9-11/h2-9H,18H2,1H3. The van der Waals surface area contributed by atoms with Gasteiger partial charge in [0, 0.05) is 22.7 Å². The molecule has 104 valence electrons. The molecule has 0 bridgehead atoms. The lowest BCUT2D eigenvalue weighted by molar-refractivity contribution is 1.19. The van der Waals surface area contributed by atoms with Crippen molar-refractivity contribution in [2.45, 2.75) is 6.92 Å². The number of halogens is 1. The summed E-state index contributed by atoms with van der Waals surface area (Å²) in [6.45, 7) is 1.94. The molecule has 0 fully saturated rings. The largest absolute Gasteiger partial charge is 0.398 e. The predicted molar refractivity (Wildman–Crippen MR) is 86.5 cm³/mol. The predicted octanol–water partition coefficient (Wildman–Crippen LogP) is 5.19. The molecule has 0 unspecified atom stereocenters. The number of rotatable bonds is 2. The molecule has 0 amide bonds. The Labute approximate surface area is 127 Å².